The molecule has 2 aliphatic heterocycles. The van der Waals surface area contributed by atoms with E-state index >= 15 is 0 Å². The monoisotopic (exact) mass is 208 g/mol. The lowest BCUT2D eigenvalue weighted by Crippen LogP contribution is -2.41. The SMILES string of the molecule is C1CCC(CN2CCC3CNCC3C2)C1. The van der Waals surface area contributed by atoms with Crippen molar-refractivity contribution >= 4 is 0 Å². The number of piperidine rings is 1. The number of nitrogens with zero attached hydrogens (tertiary/aromatic N) is 1. The van der Waals surface area contributed by atoms with E-state index in [4.69, 9.17) is 0 Å². The van der Waals surface area contributed by atoms with E-state index in [9.17, 15) is 0 Å². The lowest BCUT2D eigenvalue weighted by Gasteiger charge is -2.35. The molecule has 0 spiro atoms. The fourth-order valence-corrected chi connectivity index (χ4v) is 3.83. The van der Waals surface area contributed by atoms with Crippen LogP contribution in [0.2, 0.25) is 0 Å². The van der Waals surface area contributed by atoms with Gasteiger partial charge in [-0.3, -0.25) is 0 Å². The molecule has 0 aromatic carbocycles. The zero-order chi connectivity index (χ0) is 10.1. The average molecular weight is 208 g/mol. The van der Waals surface area contributed by atoms with E-state index in [1.807, 2.05) is 0 Å². The summed E-state index contributed by atoms with van der Waals surface area (Å²) in [6, 6.07) is 0. The summed E-state index contributed by atoms with van der Waals surface area (Å²) in [6.45, 7) is 6.74. The highest BCUT2D eigenvalue weighted by molar-refractivity contribution is 4.88. The Morgan fingerprint density at radius 1 is 1.00 bits per heavy atom. The Kier molecular flexibility index (Phi) is 2.98. The molecular formula is C13H24N2. The molecule has 0 aromatic rings. The normalized spacial score (nSPS) is 38.4. The maximum Gasteiger partial charge on any atom is 0.00251 e. The zero-order valence-corrected chi connectivity index (χ0v) is 9.75. The van der Waals surface area contributed by atoms with E-state index in [0.29, 0.717) is 0 Å². The van der Waals surface area contributed by atoms with E-state index in [2.05, 4.69) is 10.2 Å². The topological polar surface area (TPSA) is 15.3 Å². The molecule has 0 amide bonds. The molecule has 0 radical (unpaired) electrons. The van der Waals surface area contributed by atoms with Gasteiger partial charge in [0.2, 0.25) is 0 Å². The van der Waals surface area contributed by atoms with Gasteiger partial charge < -0.3 is 10.2 Å². The highest BCUT2D eigenvalue weighted by atomic mass is 15.1. The second kappa shape index (κ2) is 4.42. The van der Waals surface area contributed by atoms with Gasteiger partial charge in [-0.05, 0) is 56.7 Å². The van der Waals surface area contributed by atoms with Crippen LogP contribution in [0, 0.1) is 17.8 Å². The van der Waals surface area contributed by atoms with Gasteiger partial charge in [-0.15, -0.1) is 0 Å². The summed E-state index contributed by atoms with van der Waals surface area (Å²) < 4.78 is 0. The number of rotatable bonds is 2. The van der Waals surface area contributed by atoms with Gasteiger partial charge in [0.05, 0.1) is 0 Å². The molecule has 15 heavy (non-hydrogen) atoms. The van der Waals surface area contributed by atoms with E-state index < -0.39 is 0 Å². The smallest absolute Gasteiger partial charge is 0.00251 e. The van der Waals surface area contributed by atoms with Gasteiger partial charge in [0, 0.05) is 13.1 Å². The first-order valence-electron chi connectivity index (χ1n) is 6.85. The van der Waals surface area contributed by atoms with Crippen molar-refractivity contribution in [2.45, 2.75) is 32.1 Å². The average Bonchev–Trinajstić information content (AvgIpc) is 2.87. The third-order valence-corrected chi connectivity index (χ3v) is 4.78. The first kappa shape index (κ1) is 10.1. The first-order valence-corrected chi connectivity index (χ1v) is 6.85. The van der Waals surface area contributed by atoms with Crippen LogP contribution >= 0.6 is 0 Å². The van der Waals surface area contributed by atoms with Gasteiger partial charge in [0.25, 0.3) is 0 Å². The molecule has 0 bridgehead atoms. The van der Waals surface area contributed by atoms with Crippen LogP contribution in [0.3, 0.4) is 0 Å². The van der Waals surface area contributed by atoms with Crippen molar-refractivity contribution in [1.82, 2.24) is 10.2 Å². The maximum absolute atomic E-state index is 3.55. The standard InChI is InChI=1S/C13H24N2/c1-2-4-11(3-1)9-15-6-5-12-7-14-8-13(12)10-15/h11-14H,1-10H2. The van der Waals surface area contributed by atoms with Crippen molar-refractivity contribution in [3.8, 4) is 0 Å². The Labute approximate surface area is 93.4 Å². The summed E-state index contributed by atoms with van der Waals surface area (Å²) in [4.78, 5) is 2.75. The lowest BCUT2D eigenvalue weighted by molar-refractivity contribution is 0.130. The summed E-state index contributed by atoms with van der Waals surface area (Å²) in [6.07, 6.45) is 7.44. The van der Waals surface area contributed by atoms with E-state index in [1.54, 1.807) is 0 Å². The molecular weight excluding hydrogens is 184 g/mol. The third kappa shape index (κ3) is 2.21. The molecule has 86 valence electrons. The van der Waals surface area contributed by atoms with Crippen LogP contribution in [0.4, 0.5) is 0 Å². The number of fused-ring (bicyclic) bond motifs is 1. The molecule has 2 unspecified atom stereocenters. The van der Waals surface area contributed by atoms with Crippen LogP contribution in [0.5, 0.6) is 0 Å². The Morgan fingerprint density at radius 3 is 2.67 bits per heavy atom. The summed E-state index contributed by atoms with van der Waals surface area (Å²) in [5, 5.41) is 3.55. The maximum atomic E-state index is 3.55. The molecule has 3 rings (SSSR count). The van der Waals surface area contributed by atoms with Gasteiger partial charge in [-0.25, -0.2) is 0 Å². The number of likely N-dealkylation sites (tertiary alicyclic amines) is 1. The highest BCUT2D eigenvalue weighted by Gasteiger charge is 2.33. The predicted molar refractivity (Wildman–Crippen MR) is 62.9 cm³/mol. The lowest BCUT2D eigenvalue weighted by atomic mass is 9.88. The second-order valence-corrected chi connectivity index (χ2v) is 5.88. The quantitative estimate of drug-likeness (QED) is 0.743. The van der Waals surface area contributed by atoms with Gasteiger partial charge >= 0.3 is 0 Å². The molecule has 2 heterocycles. The van der Waals surface area contributed by atoms with Crippen molar-refractivity contribution in [2.75, 3.05) is 32.7 Å². The summed E-state index contributed by atoms with van der Waals surface area (Å²) in [5.74, 6) is 3.01. The van der Waals surface area contributed by atoms with E-state index in [0.717, 1.165) is 17.8 Å². The van der Waals surface area contributed by atoms with Crippen LogP contribution < -0.4 is 5.32 Å². The zero-order valence-electron chi connectivity index (χ0n) is 9.75. The van der Waals surface area contributed by atoms with Crippen molar-refractivity contribution in [1.29, 1.82) is 0 Å². The van der Waals surface area contributed by atoms with Gasteiger partial charge in [0.1, 0.15) is 0 Å². The summed E-state index contributed by atoms with van der Waals surface area (Å²) in [7, 11) is 0. The van der Waals surface area contributed by atoms with Gasteiger partial charge in [-0.2, -0.15) is 0 Å². The predicted octanol–water partition coefficient (Wildman–Crippen LogP) is 1.72. The Bertz CT molecular complexity index is 209. The van der Waals surface area contributed by atoms with Crippen molar-refractivity contribution in [2.24, 2.45) is 17.8 Å². The Hall–Kier alpha value is -0.0800. The fourth-order valence-electron chi connectivity index (χ4n) is 3.83. The summed E-state index contributed by atoms with van der Waals surface area (Å²) >= 11 is 0. The van der Waals surface area contributed by atoms with Crippen molar-refractivity contribution in [3.05, 3.63) is 0 Å². The third-order valence-electron chi connectivity index (χ3n) is 4.78. The fraction of sp³-hybridized carbons (Fsp3) is 1.00. The van der Waals surface area contributed by atoms with Crippen molar-refractivity contribution in [3.63, 3.8) is 0 Å². The largest absolute Gasteiger partial charge is 0.316 e. The van der Waals surface area contributed by atoms with E-state index in [1.165, 1.54) is 64.8 Å². The molecule has 0 aromatic heterocycles. The Morgan fingerprint density at radius 2 is 1.80 bits per heavy atom. The molecule has 3 fully saturated rings. The molecule has 1 saturated carbocycles. The van der Waals surface area contributed by atoms with Crippen LogP contribution in [-0.2, 0) is 0 Å². The van der Waals surface area contributed by atoms with Crippen LogP contribution in [0.1, 0.15) is 32.1 Å². The minimum atomic E-state index is 0.972. The van der Waals surface area contributed by atoms with Crippen LogP contribution in [0.25, 0.3) is 0 Å². The summed E-state index contributed by atoms with van der Waals surface area (Å²) in [5.41, 5.74) is 0. The Balaban J connectivity index is 1.50. The molecule has 2 saturated heterocycles. The second-order valence-electron chi connectivity index (χ2n) is 5.88. The van der Waals surface area contributed by atoms with Crippen molar-refractivity contribution < 1.29 is 0 Å². The number of hydrogen-bond acceptors (Lipinski definition) is 2. The first-order chi connectivity index (χ1) is 7.42. The molecule has 3 aliphatic rings. The van der Waals surface area contributed by atoms with Gasteiger partial charge in [-0.1, -0.05) is 12.8 Å². The minimum Gasteiger partial charge on any atom is -0.316 e. The highest BCUT2D eigenvalue weighted by Crippen LogP contribution is 2.30. The van der Waals surface area contributed by atoms with E-state index in [-0.39, 0.29) is 0 Å². The number of hydrogen-bond donors (Lipinski definition) is 1. The van der Waals surface area contributed by atoms with Gasteiger partial charge in [0.15, 0.2) is 0 Å². The molecule has 1 N–H and O–H groups in total. The minimum absolute atomic E-state index is 0.972. The number of nitrogens with one attached hydrogen (secondary N) is 1. The van der Waals surface area contributed by atoms with Crippen LogP contribution in [0.15, 0.2) is 0 Å². The molecule has 2 nitrogen and oxygen atoms in total. The molecule has 2 heteroatoms. The molecule has 1 aliphatic carbocycles. The van der Waals surface area contributed by atoms with Crippen LogP contribution in [-0.4, -0.2) is 37.6 Å². The molecule has 2 atom stereocenters.